The lowest BCUT2D eigenvalue weighted by Gasteiger charge is -2.29. The molecule has 4 heteroatoms. The summed E-state index contributed by atoms with van der Waals surface area (Å²) >= 11 is 0. The number of carbonyl (C=O) groups excluding carboxylic acids is 1. The average Bonchev–Trinajstić information content (AvgIpc) is 2.84. The van der Waals surface area contributed by atoms with Gasteiger partial charge < -0.3 is 10.4 Å². The third-order valence-corrected chi connectivity index (χ3v) is 5.18. The van der Waals surface area contributed by atoms with Crippen LogP contribution in [0.2, 0.25) is 0 Å². The van der Waals surface area contributed by atoms with Gasteiger partial charge in [0.15, 0.2) is 0 Å². The molecule has 0 unspecified atom stereocenters. The highest BCUT2D eigenvalue weighted by atomic mass is 16.4. The molecule has 118 valence electrons. The Labute approximate surface area is 130 Å². The van der Waals surface area contributed by atoms with Crippen molar-refractivity contribution in [2.75, 3.05) is 0 Å². The second-order valence-corrected chi connectivity index (χ2v) is 6.76. The highest BCUT2D eigenvalue weighted by Crippen LogP contribution is 2.36. The number of aliphatic carboxylic acids is 1. The van der Waals surface area contributed by atoms with Gasteiger partial charge in [0.05, 0.1) is 12.0 Å². The van der Waals surface area contributed by atoms with Gasteiger partial charge in [-0.1, -0.05) is 31.4 Å². The number of carboxylic acid groups (broad SMARTS) is 1. The van der Waals surface area contributed by atoms with E-state index in [1.54, 1.807) is 0 Å². The number of nitrogens with one attached hydrogen (secondary N) is 1. The van der Waals surface area contributed by atoms with Gasteiger partial charge >= 0.3 is 5.97 Å². The number of rotatable bonds is 5. The summed E-state index contributed by atoms with van der Waals surface area (Å²) in [6.07, 6.45) is 7.27. The van der Waals surface area contributed by atoms with E-state index in [0.29, 0.717) is 11.5 Å². The Bertz CT molecular complexity index is 554. The zero-order valence-electron chi connectivity index (χ0n) is 12.8. The molecule has 0 bridgehead atoms. The van der Waals surface area contributed by atoms with Gasteiger partial charge in [-0.2, -0.15) is 0 Å². The van der Waals surface area contributed by atoms with Crippen LogP contribution in [0.15, 0.2) is 24.3 Å². The molecular weight excluding hydrogens is 278 g/mol. The van der Waals surface area contributed by atoms with Gasteiger partial charge in [0.1, 0.15) is 0 Å². The van der Waals surface area contributed by atoms with Gasteiger partial charge in [0.2, 0.25) is 0 Å². The molecule has 0 aromatic heterocycles. The maximum Gasteiger partial charge on any atom is 0.305 e. The van der Waals surface area contributed by atoms with Crippen LogP contribution in [0.25, 0.3) is 0 Å². The Morgan fingerprint density at radius 1 is 1.09 bits per heavy atom. The first-order valence-electron chi connectivity index (χ1n) is 8.22. The van der Waals surface area contributed by atoms with Crippen LogP contribution in [0.5, 0.6) is 0 Å². The molecule has 4 nitrogen and oxygen atoms in total. The summed E-state index contributed by atoms with van der Waals surface area (Å²) in [5, 5.41) is 12.1. The normalized spacial score (nSPS) is 20.4. The first-order chi connectivity index (χ1) is 10.6. The fourth-order valence-corrected chi connectivity index (χ4v) is 3.65. The molecule has 0 heterocycles. The molecule has 0 atom stereocenters. The molecule has 0 spiro atoms. The van der Waals surface area contributed by atoms with E-state index in [1.165, 1.54) is 24.8 Å². The number of carbonyl (C=O) groups is 2. The van der Waals surface area contributed by atoms with Gasteiger partial charge in [-0.05, 0) is 49.3 Å². The summed E-state index contributed by atoms with van der Waals surface area (Å²) in [6, 6.07) is 7.81. The number of amides is 1. The lowest BCUT2D eigenvalue weighted by molar-refractivity contribution is -0.138. The summed E-state index contributed by atoms with van der Waals surface area (Å²) in [5.74, 6) is -0.337. The minimum atomic E-state index is -0.845. The van der Waals surface area contributed by atoms with Gasteiger partial charge in [-0.25, -0.2) is 0 Å². The number of carboxylic acids is 1. The molecule has 1 amide bonds. The van der Waals surface area contributed by atoms with Crippen LogP contribution >= 0.6 is 0 Å². The maximum absolute atomic E-state index is 12.4. The molecule has 2 aliphatic rings. The van der Waals surface area contributed by atoms with E-state index in [4.69, 9.17) is 5.11 Å². The minimum Gasteiger partial charge on any atom is -0.481 e. The van der Waals surface area contributed by atoms with E-state index in [9.17, 15) is 9.59 Å². The second kappa shape index (κ2) is 6.11. The summed E-state index contributed by atoms with van der Waals surface area (Å²) in [7, 11) is 0. The van der Waals surface area contributed by atoms with Crippen molar-refractivity contribution in [1.82, 2.24) is 5.32 Å². The molecule has 2 fully saturated rings. The van der Waals surface area contributed by atoms with Crippen molar-refractivity contribution in [3.05, 3.63) is 35.4 Å². The second-order valence-electron chi connectivity index (χ2n) is 6.76. The lowest BCUT2D eigenvalue weighted by Crippen LogP contribution is -2.47. The standard InChI is InChI=1S/C18H23NO3/c20-16(21)12-18(10-1-2-11-18)19-17(22)15-8-6-14(7-9-15)13-4-3-5-13/h6-9,13H,1-5,10-12H2,(H,19,22)(H,20,21). The Kier molecular flexibility index (Phi) is 4.19. The molecule has 2 saturated carbocycles. The van der Waals surface area contributed by atoms with Gasteiger partial charge in [-0.15, -0.1) is 0 Å². The Balaban J connectivity index is 1.68. The monoisotopic (exact) mass is 301 g/mol. The van der Waals surface area contributed by atoms with Gasteiger partial charge in [0, 0.05) is 5.56 Å². The molecule has 0 radical (unpaired) electrons. The zero-order chi connectivity index (χ0) is 15.6. The van der Waals surface area contributed by atoms with Crippen LogP contribution < -0.4 is 5.32 Å². The molecular formula is C18H23NO3. The molecule has 3 rings (SSSR count). The average molecular weight is 301 g/mol. The minimum absolute atomic E-state index is 0.0128. The first kappa shape index (κ1) is 15.1. The largest absolute Gasteiger partial charge is 0.481 e. The maximum atomic E-state index is 12.4. The van der Waals surface area contributed by atoms with E-state index < -0.39 is 11.5 Å². The molecule has 0 saturated heterocycles. The summed E-state index contributed by atoms with van der Waals surface area (Å²) < 4.78 is 0. The summed E-state index contributed by atoms with van der Waals surface area (Å²) in [4.78, 5) is 23.5. The van der Waals surface area contributed by atoms with E-state index in [2.05, 4.69) is 5.32 Å². The fourth-order valence-electron chi connectivity index (χ4n) is 3.65. The topological polar surface area (TPSA) is 66.4 Å². The van der Waals surface area contributed by atoms with Crippen LogP contribution in [0, 0.1) is 0 Å². The van der Waals surface area contributed by atoms with Crippen molar-refractivity contribution in [3.63, 3.8) is 0 Å². The molecule has 22 heavy (non-hydrogen) atoms. The van der Waals surface area contributed by atoms with Crippen LogP contribution in [-0.2, 0) is 4.79 Å². The summed E-state index contributed by atoms with van der Waals surface area (Å²) in [6.45, 7) is 0. The van der Waals surface area contributed by atoms with Crippen molar-refractivity contribution in [3.8, 4) is 0 Å². The van der Waals surface area contributed by atoms with Gasteiger partial charge in [-0.3, -0.25) is 9.59 Å². The molecule has 2 aliphatic carbocycles. The number of hydrogen-bond acceptors (Lipinski definition) is 2. The number of hydrogen-bond donors (Lipinski definition) is 2. The van der Waals surface area contributed by atoms with Crippen molar-refractivity contribution in [2.24, 2.45) is 0 Å². The Morgan fingerprint density at radius 3 is 2.23 bits per heavy atom. The van der Waals surface area contributed by atoms with Crippen LogP contribution in [-0.4, -0.2) is 22.5 Å². The number of benzene rings is 1. The lowest BCUT2D eigenvalue weighted by atomic mass is 9.80. The first-order valence-corrected chi connectivity index (χ1v) is 8.22. The fraction of sp³-hybridized carbons (Fsp3) is 0.556. The molecule has 0 aliphatic heterocycles. The summed E-state index contributed by atoms with van der Waals surface area (Å²) in [5.41, 5.74) is 1.37. The smallest absolute Gasteiger partial charge is 0.305 e. The highest BCUT2D eigenvalue weighted by Gasteiger charge is 2.37. The molecule has 1 aromatic carbocycles. The van der Waals surface area contributed by atoms with Crippen LogP contribution in [0.3, 0.4) is 0 Å². The van der Waals surface area contributed by atoms with E-state index in [1.807, 2.05) is 24.3 Å². The highest BCUT2D eigenvalue weighted by molar-refractivity contribution is 5.95. The van der Waals surface area contributed by atoms with Crippen LogP contribution in [0.1, 0.15) is 73.2 Å². The van der Waals surface area contributed by atoms with Crippen molar-refractivity contribution < 1.29 is 14.7 Å². The quantitative estimate of drug-likeness (QED) is 0.875. The zero-order valence-corrected chi connectivity index (χ0v) is 12.8. The van der Waals surface area contributed by atoms with Crippen molar-refractivity contribution in [2.45, 2.75) is 62.8 Å². The van der Waals surface area contributed by atoms with E-state index in [-0.39, 0.29) is 12.3 Å². The third-order valence-electron chi connectivity index (χ3n) is 5.18. The SMILES string of the molecule is O=C(O)CC1(NC(=O)c2ccc(C3CCC3)cc2)CCCC1. The molecule has 2 N–H and O–H groups in total. The van der Waals surface area contributed by atoms with E-state index in [0.717, 1.165) is 25.7 Å². The third kappa shape index (κ3) is 3.16. The Morgan fingerprint density at radius 2 is 1.73 bits per heavy atom. The van der Waals surface area contributed by atoms with Gasteiger partial charge in [0.25, 0.3) is 5.91 Å². The molecule has 1 aromatic rings. The predicted octanol–water partition coefficient (Wildman–Crippen LogP) is 3.47. The van der Waals surface area contributed by atoms with E-state index >= 15 is 0 Å². The van der Waals surface area contributed by atoms with Crippen LogP contribution in [0.4, 0.5) is 0 Å². The van der Waals surface area contributed by atoms with Crippen molar-refractivity contribution >= 4 is 11.9 Å². The van der Waals surface area contributed by atoms with Crippen molar-refractivity contribution in [1.29, 1.82) is 0 Å². The Hall–Kier alpha value is -1.84. The predicted molar refractivity (Wildman–Crippen MR) is 84.0 cm³/mol.